The van der Waals surface area contributed by atoms with Gasteiger partial charge in [-0.15, -0.1) is 0 Å². The predicted molar refractivity (Wildman–Crippen MR) is 97.1 cm³/mol. The molecular weight excluding hydrogens is 372 g/mol. The largest absolute Gasteiger partial charge is 0.508 e. The summed E-state index contributed by atoms with van der Waals surface area (Å²) >= 11 is 0. The average molecular weight is 396 g/mol. The molecule has 28 heavy (non-hydrogen) atoms. The fourth-order valence-electron chi connectivity index (χ4n) is 2.13. The van der Waals surface area contributed by atoms with Gasteiger partial charge >= 0.3 is 5.97 Å². The number of nitrogens with one attached hydrogen (secondary N) is 3. The Bertz CT molecular complexity index is 706. The van der Waals surface area contributed by atoms with Crippen molar-refractivity contribution in [1.82, 2.24) is 16.0 Å². The van der Waals surface area contributed by atoms with Gasteiger partial charge in [0.05, 0.1) is 25.2 Å². The fraction of sp³-hybridized carbons (Fsp3) is 0.412. The number of nitrogens with two attached hydrogens (primary N) is 1. The van der Waals surface area contributed by atoms with E-state index in [0.717, 1.165) is 5.56 Å². The van der Waals surface area contributed by atoms with Gasteiger partial charge in [0.25, 0.3) is 0 Å². The van der Waals surface area contributed by atoms with Gasteiger partial charge in [-0.3, -0.25) is 14.4 Å². The van der Waals surface area contributed by atoms with Gasteiger partial charge in [-0.2, -0.15) is 0 Å². The molecule has 0 fully saturated rings. The lowest BCUT2D eigenvalue weighted by atomic mass is 10.1. The van der Waals surface area contributed by atoms with E-state index < -0.39 is 55.0 Å². The van der Waals surface area contributed by atoms with Gasteiger partial charge in [-0.05, 0) is 31.0 Å². The summed E-state index contributed by atoms with van der Waals surface area (Å²) in [5, 5.41) is 33.9. The number of amides is 3. The van der Waals surface area contributed by atoms with Gasteiger partial charge in [-0.1, -0.05) is 12.1 Å². The summed E-state index contributed by atoms with van der Waals surface area (Å²) < 4.78 is 0. The molecule has 0 aliphatic carbocycles. The molecule has 11 heteroatoms. The smallest absolute Gasteiger partial charge is 0.328 e. The molecule has 1 aromatic carbocycles. The zero-order chi connectivity index (χ0) is 21.3. The minimum atomic E-state index is -1.50. The number of phenolic OH excluding ortho intramolecular Hbond substituents is 1. The number of aromatic hydroxyl groups is 1. The quantitative estimate of drug-likeness (QED) is 0.225. The molecule has 3 unspecified atom stereocenters. The van der Waals surface area contributed by atoms with Crippen LogP contribution in [-0.4, -0.2) is 70.3 Å². The summed E-state index contributed by atoms with van der Waals surface area (Å²) in [6, 6.07) is 3.75. The molecule has 0 heterocycles. The lowest BCUT2D eigenvalue weighted by Crippen LogP contribution is -2.51. The van der Waals surface area contributed by atoms with Crippen molar-refractivity contribution in [2.45, 2.75) is 31.5 Å². The van der Waals surface area contributed by atoms with Crippen molar-refractivity contribution in [3.8, 4) is 5.75 Å². The summed E-state index contributed by atoms with van der Waals surface area (Å²) in [6.07, 6.45) is -1.11. The van der Waals surface area contributed by atoms with E-state index in [9.17, 15) is 29.4 Å². The van der Waals surface area contributed by atoms with Gasteiger partial charge < -0.3 is 37.0 Å². The predicted octanol–water partition coefficient (Wildman–Crippen LogP) is -2.56. The van der Waals surface area contributed by atoms with E-state index in [0.29, 0.717) is 0 Å². The Kier molecular flexibility index (Phi) is 8.85. The number of hydrogen-bond acceptors (Lipinski definition) is 7. The molecule has 0 aliphatic heterocycles. The van der Waals surface area contributed by atoms with Crippen molar-refractivity contribution < 1.29 is 34.5 Å². The topological polar surface area (TPSA) is 191 Å². The number of hydrogen-bond donors (Lipinski definition) is 7. The molecule has 3 atom stereocenters. The number of aliphatic carboxylic acids is 1. The molecule has 8 N–H and O–H groups in total. The van der Waals surface area contributed by atoms with Crippen LogP contribution in [0.2, 0.25) is 0 Å². The van der Waals surface area contributed by atoms with Gasteiger partial charge in [-0.25, -0.2) is 4.79 Å². The molecule has 11 nitrogen and oxygen atoms in total. The highest BCUT2D eigenvalue weighted by Gasteiger charge is 2.25. The van der Waals surface area contributed by atoms with Crippen LogP contribution in [0.25, 0.3) is 0 Å². The molecule has 154 valence electrons. The Hall–Kier alpha value is -3.18. The van der Waals surface area contributed by atoms with Gasteiger partial charge in [0.1, 0.15) is 5.75 Å². The Morgan fingerprint density at radius 3 is 2.14 bits per heavy atom. The first-order chi connectivity index (χ1) is 13.1. The number of aliphatic hydroxyl groups excluding tert-OH is 1. The maximum Gasteiger partial charge on any atom is 0.328 e. The number of benzene rings is 1. The summed E-state index contributed by atoms with van der Waals surface area (Å²) in [4.78, 5) is 46.1. The third-order valence-corrected chi connectivity index (χ3v) is 3.66. The second kappa shape index (κ2) is 10.8. The Morgan fingerprint density at radius 1 is 1.04 bits per heavy atom. The van der Waals surface area contributed by atoms with Crippen molar-refractivity contribution in [2.24, 2.45) is 5.73 Å². The number of carbonyl (C=O) groups is 4. The van der Waals surface area contributed by atoms with Crippen molar-refractivity contribution in [2.75, 3.05) is 13.1 Å². The third kappa shape index (κ3) is 8.01. The van der Waals surface area contributed by atoms with E-state index in [1.807, 2.05) is 0 Å². The van der Waals surface area contributed by atoms with Gasteiger partial charge in [0.2, 0.25) is 17.7 Å². The Balaban J connectivity index is 2.34. The van der Waals surface area contributed by atoms with Crippen LogP contribution in [0.1, 0.15) is 12.5 Å². The lowest BCUT2D eigenvalue weighted by molar-refractivity contribution is -0.144. The minimum absolute atomic E-state index is 0.0885. The van der Waals surface area contributed by atoms with E-state index in [-0.39, 0.29) is 12.2 Å². The zero-order valence-electron chi connectivity index (χ0n) is 15.2. The number of phenols is 1. The van der Waals surface area contributed by atoms with E-state index in [1.165, 1.54) is 19.1 Å². The van der Waals surface area contributed by atoms with Gasteiger partial charge in [0.15, 0.2) is 6.04 Å². The van der Waals surface area contributed by atoms with E-state index in [1.54, 1.807) is 12.1 Å². The molecule has 0 aliphatic rings. The van der Waals surface area contributed by atoms with E-state index in [4.69, 9.17) is 10.8 Å². The summed E-state index contributed by atoms with van der Waals surface area (Å²) in [6.45, 7) is 0.257. The van der Waals surface area contributed by atoms with Crippen LogP contribution in [0, 0.1) is 0 Å². The van der Waals surface area contributed by atoms with Crippen LogP contribution in [0.3, 0.4) is 0 Å². The first kappa shape index (κ1) is 22.9. The second-order valence-electron chi connectivity index (χ2n) is 6.10. The average Bonchev–Trinajstić information content (AvgIpc) is 2.63. The van der Waals surface area contributed by atoms with Crippen molar-refractivity contribution >= 4 is 23.7 Å². The van der Waals surface area contributed by atoms with Crippen molar-refractivity contribution in [3.63, 3.8) is 0 Å². The standard InChI is InChI=1S/C17H24N4O7/c1-9(22)15(17(27)28)21-14(25)8-19-13(24)7-20-16(26)12(18)6-10-2-4-11(23)5-3-10/h2-5,9,12,15,22-23H,6-8,18H2,1H3,(H,19,24)(H,20,26)(H,21,25)(H,27,28). The normalized spacial score (nSPS) is 13.7. The number of carbonyl (C=O) groups excluding carboxylic acids is 3. The molecule has 0 radical (unpaired) electrons. The van der Waals surface area contributed by atoms with Crippen LogP contribution in [0.5, 0.6) is 5.75 Å². The highest BCUT2D eigenvalue weighted by molar-refractivity contribution is 5.90. The second-order valence-corrected chi connectivity index (χ2v) is 6.10. The number of carboxylic acid groups (broad SMARTS) is 1. The van der Waals surface area contributed by atoms with Crippen LogP contribution < -0.4 is 21.7 Å². The number of rotatable bonds is 10. The molecule has 0 saturated heterocycles. The van der Waals surface area contributed by atoms with Crippen LogP contribution >= 0.6 is 0 Å². The third-order valence-electron chi connectivity index (χ3n) is 3.66. The summed E-state index contributed by atoms with van der Waals surface area (Å²) in [5.41, 5.74) is 6.49. The SMILES string of the molecule is CC(O)C(NC(=O)CNC(=O)CNC(=O)C(N)Cc1ccc(O)cc1)C(=O)O. The first-order valence-electron chi connectivity index (χ1n) is 8.38. The molecule has 0 bridgehead atoms. The zero-order valence-corrected chi connectivity index (χ0v) is 15.2. The monoisotopic (exact) mass is 396 g/mol. The highest BCUT2D eigenvalue weighted by Crippen LogP contribution is 2.10. The lowest BCUT2D eigenvalue weighted by Gasteiger charge is -2.17. The van der Waals surface area contributed by atoms with E-state index >= 15 is 0 Å². The van der Waals surface area contributed by atoms with Gasteiger partial charge in [0, 0.05) is 0 Å². The minimum Gasteiger partial charge on any atom is -0.508 e. The van der Waals surface area contributed by atoms with Crippen LogP contribution in [0.4, 0.5) is 0 Å². The van der Waals surface area contributed by atoms with Crippen molar-refractivity contribution in [1.29, 1.82) is 0 Å². The molecular formula is C17H24N4O7. The van der Waals surface area contributed by atoms with Crippen LogP contribution in [0.15, 0.2) is 24.3 Å². The summed E-state index contributed by atoms with van der Waals surface area (Å²) in [5.74, 6) is -3.39. The molecule has 3 amide bonds. The Morgan fingerprint density at radius 2 is 1.61 bits per heavy atom. The molecule has 0 spiro atoms. The number of carboxylic acids is 1. The molecule has 1 aromatic rings. The van der Waals surface area contributed by atoms with E-state index in [2.05, 4.69) is 16.0 Å². The maximum atomic E-state index is 11.9. The number of aliphatic hydroxyl groups is 1. The molecule has 1 rings (SSSR count). The maximum absolute atomic E-state index is 11.9. The highest BCUT2D eigenvalue weighted by atomic mass is 16.4. The molecule has 0 saturated carbocycles. The Labute approximate surface area is 160 Å². The van der Waals surface area contributed by atoms with Crippen LogP contribution in [-0.2, 0) is 25.6 Å². The first-order valence-corrected chi connectivity index (χ1v) is 8.38. The fourth-order valence-corrected chi connectivity index (χ4v) is 2.13. The summed E-state index contributed by atoms with van der Waals surface area (Å²) in [7, 11) is 0. The van der Waals surface area contributed by atoms with Crippen molar-refractivity contribution in [3.05, 3.63) is 29.8 Å². The molecule has 0 aromatic heterocycles.